The first kappa shape index (κ1) is 25.7. The molecule has 0 saturated heterocycles. The first-order chi connectivity index (χ1) is 18.0. The average Bonchev–Trinajstić information content (AvgIpc) is 3.55. The highest BCUT2D eigenvalue weighted by molar-refractivity contribution is 6.57. The summed E-state index contributed by atoms with van der Waals surface area (Å²) in [6, 6.07) is 18.0. The maximum Gasteiger partial charge on any atom is 0.526 e. The Kier molecular flexibility index (Phi) is 8.40. The third kappa shape index (κ3) is 6.27. The molecule has 2 aromatic carbocycles. The number of rotatable bonds is 8. The summed E-state index contributed by atoms with van der Waals surface area (Å²) >= 11 is 0. The lowest BCUT2D eigenvalue weighted by atomic mass is 9.88. The molecule has 10 nitrogen and oxygen atoms in total. The summed E-state index contributed by atoms with van der Waals surface area (Å²) in [7, 11) is 1.51. The number of nitrogens with zero attached hydrogens (tertiary/aromatic N) is 2. The number of fused-ring (bicyclic) bond motifs is 2. The van der Waals surface area contributed by atoms with Gasteiger partial charge in [-0.25, -0.2) is 0 Å². The number of hydrogen-bond donors (Lipinski definition) is 2. The zero-order valence-electron chi connectivity index (χ0n) is 20.1. The molecule has 3 heterocycles. The van der Waals surface area contributed by atoms with Crippen molar-refractivity contribution in [3.8, 4) is 28.9 Å². The van der Waals surface area contributed by atoms with Crippen LogP contribution in [0.3, 0.4) is 0 Å². The van der Waals surface area contributed by atoms with Crippen molar-refractivity contribution in [3.05, 3.63) is 72.6 Å². The molecule has 0 amide bonds. The van der Waals surface area contributed by atoms with Gasteiger partial charge in [-0.2, -0.15) is 5.26 Å². The van der Waals surface area contributed by atoms with Crippen LogP contribution in [0, 0.1) is 11.3 Å². The predicted octanol–water partition coefficient (Wildman–Crippen LogP) is 3.44. The number of aromatic nitrogens is 1. The average molecular weight is 502 g/mol. The van der Waals surface area contributed by atoms with E-state index in [2.05, 4.69) is 11.1 Å². The number of benzene rings is 2. The van der Waals surface area contributed by atoms with E-state index in [1.54, 1.807) is 43.6 Å². The molecule has 0 radical (unpaired) electrons. The van der Waals surface area contributed by atoms with Crippen LogP contribution in [0.15, 0.2) is 75.8 Å². The summed E-state index contributed by atoms with van der Waals surface area (Å²) in [6.45, 7) is 0.359. The fraction of sp³-hybridized carbons (Fsp3) is 0.154. The van der Waals surface area contributed by atoms with Crippen molar-refractivity contribution in [1.29, 1.82) is 5.26 Å². The van der Waals surface area contributed by atoms with E-state index in [-0.39, 0.29) is 19.2 Å². The van der Waals surface area contributed by atoms with Crippen LogP contribution >= 0.6 is 0 Å². The minimum Gasteiger partial charge on any atom is -0.468 e. The highest BCUT2D eigenvalue weighted by Crippen LogP contribution is 2.31. The first-order valence-electron chi connectivity index (χ1n) is 11.0. The second-order valence-electron chi connectivity index (χ2n) is 7.67. The van der Waals surface area contributed by atoms with Crippen LogP contribution < -0.4 is 15.1 Å². The van der Waals surface area contributed by atoms with Crippen LogP contribution in [0.25, 0.3) is 33.3 Å². The molecular weight excluding hydrogens is 479 g/mol. The lowest BCUT2D eigenvalue weighted by molar-refractivity contribution is 0.0510. The van der Waals surface area contributed by atoms with Gasteiger partial charge in [0.2, 0.25) is 0 Å². The minimum absolute atomic E-state index is 0.110. The summed E-state index contributed by atoms with van der Waals surface area (Å²) in [6.07, 6.45) is 3.16. The standard InChI is InChI=1S/C16H12N2O3.C10H11BO5/c1-19-10-20-13-2-3-15-11(6-13)7-16(21-15)14-4-5-18-9-12(14)8-17;1-14-6-15-8-2-3-9-7(4-8)5-10(16-9)11(12)13/h2-7,9H,10H2,1H3;2-5,12-13H,6H2,1H3. The third-order valence-electron chi connectivity index (χ3n) is 5.14. The molecule has 0 aliphatic heterocycles. The Labute approximate surface area is 212 Å². The topological polar surface area (TPSA) is 140 Å². The molecule has 0 spiro atoms. The van der Waals surface area contributed by atoms with E-state index in [1.807, 2.05) is 24.3 Å². The van der Waals surface area contributed by atoms with Crippen LogP contribution in [0.5, 0.6) is 11.5 Å². The van der Waals surface area contributed by atoms with Crippen LogP contribution in [0.2, 0.25) is 0 Å². The summed E-state index contributed by atoms with van der Waals surface area (Å²) < 4.78 is 31.3. The lowest BCUT2D eigenvalue weighted by Crippen LogP contribution is -2.27. The molecule has 0 aliphatic rings. The summed E-state index contributed by atoms with van der Waals surface area (Å²) in [4.78, 5) is 3.95. The Morgan fingerprint density at radius 3 is 2.08 bits per heavy atom. The fourth-order valence-electron chi connectivity index (χ4n) is 3.46. The zero-order chi connectivity index (χ0) is 26.2. The van der Waals surface area contributed by atoms with Gasteiger partial charge in [0, 0.05) is 42.9 Å². The van der Waals surface area contributed by atoms with Crippen LogP contribution in [-0.2, 0) is 9.47 Å². The maximum atomic E-state index is 9.13. The molecular formula is C26H23BN2O8. The Hall–Kier alpha value is -4.34. The van der Waals surface area contributed by atoms with E-state index in [0.29, 0.717) is 28.4 Å². The second-order valence-corrected chi connectivity index (χ2v) is 7.67. The molecule has 188 valence electrons. The maximum absolute atomic E-state index is 9.13. The smallest absolute Gasteiger partial charge is 0.468 e. The van der Waals surface area contributed by atoms with Crippen molar-refractivity contribution in [1.82, 2.24) is 4.98 Å². The normalized spacial score (nSPS) is 10.6. The van der Waals surface area contributed by atoms with Crippen molar-refractivity contribution < 1.29 is 37.8 Å². The van der Waals surface area contributed by atoms with Gasteiger partial charge < -0.3 is 37.8 Å². The number of furan rings is 2. The molecule has 0 saturated carbocycles. The van der Waals surface area contributed by atoms with Gasteiger partial charge in [0.25, 0.3) is 0 Å². The van der Waals surface area contributed by atoms with E-state index in [1.165, 1.54) is 13.3 Å². The number of nitriles is 1. The Morgan fingerprint density at radius 2 is 1.49 bits per heavy atom. The van der Waals surface area contributed by atoms with Gasteiger partial charge in [0.05, 0.1) is 5.56 Å². The minimum atomic E-state index is -1.60. The van der Waals surface area contributed by atoms with E-state index >= 15 is 0 Å². The van der Waals surface area contributed by atoms with Crippen molar-refractivity contribution in [2.45, 2.75) is 0 Å². The first-order valence-corrected chi connectivity index (χ1v) is 11.0. The van der Waals surface area contributed by atoms with Gasteiger partial charge in [-0.1, -0.05) is 0 Å². The van der Waals surface area contributed by atoms with Crippen molar-refractivity contribution >= 4 is 34.7 Å². The second kappa shape index (κ2) is 12.1. The van der Waals surface area contributed by atoms with Gasteiger partial charge in [0.15, 0.2) is 13.6 Å². The van der Waals surface area contributed by atoms with Gasteiger partial charge in [-0.15, -0.1) is 0 Å². The molecule has 0 unspecified atom stereocenters. The molecule has 0 bridgehead atoms. The highest BCUT2D eigenvalue weighted by Gasteiger charge is 2.17. The highest BCUT2D eigenvalue weighted by atomic mass is 16.7. The molecule has 2 N–H and O–H groups in total. The number of hydrogen-bond acceptors (Lipinski definition) is 10. The Balaban J connectivity index is 0.000000180. The molecule has 3 aromatic heterocycles. The predicted molar refractivity (Wildman–Crippen MR) is 135 cm³/mol. The van der Waals surface area contributed by atoms with E-state index < -0.39 is 7.12 Å². The van der Waals surface area contributed by atoms with Crippen LogP contribution in [0.4, 0.5) is 0 Å². The molecule has 5 rings (SSSR count). The largest absolute Gasteiger partial charge is 0.526 e. The number of methoxy groups -OCH3 is 2. The van der Waals surface area contributed by atoms with E-state index in [0.717, 1.165) is 21.9 Å². The van der Waals surface area contributed by atoms with Crippen molar-refractivity contribution in [3.63, 3.8) is 0 Å². The molecule has 11 heteroatoms. The van der Waals surface area contributed by atoms with Crippen molar-refractivity contribution in [2.24, 2.45) is 0 Å². The van der Waals surface area contributed by atoms with Crippen molar-refractivity contribution in [2.75, 3.05) is 27.8 Å². The Bertz CT molecular complexity index is 1520. The quantitative estimate of drug-likeness (QED) is 0.240. The SMILES string of the molecule is COCOc1ccc2oc(-c3ccncc3C#N)cc2c1.COCOc1ccc2oc(B(O)O)cc2c1. The van der Waals surface area contributed by atoms with Crippen LogP contribution in [0.1, 0.15) is 5.56 Å². The summed E-state index contributed by atoms with van der Waals surface area (Å²) in [5, 5.41) is 28.7. The van der Waals surface area contributed by atoms with E-state index in [4.69, 9.17) is 43.1 Å². The third-order valence-corrected chi connectivity index (χ3v) is 5.14. The monoisotopic (exact) mass is 502 g/mol. The number of pyridine rings is 1. The lowest BCUT2D eigenvalue weighted by Gasteiger charge is -2.03. The molecule has 0 atom stereocenters. The Morgan fingerprint density at radius 1 is 0.865 bits per heavy atom. The molecule has 0 aliphatic carbocycles. The van der Waals surface area contributed by atoms with Gasteiger partial charge in [0.1, 0.15) is 40.2 Å². The molecule has 37 heavy (non-hydrogen) atoms. The number of ether oxygens (including phenoxy) is 4. The summed E-state index contributed by atoms with van der Waals surface area (Å²) in [5.41, 5.74) is 2.62. The summed E-state index contributed by atoms with van der Waals surface area (Å²) in [5.74, 6) is 1.97. The zero-order valence-corrected chi connectivity index (χ0v) is 20.1. The van der Waals surface area contributed by atoms with Gasteiger partial charge >= 0.3 is 7.12 Å². The fourth-order valence-corrected chi connectivity index (χ4v) is 3.46. The molecule has 0 fully saturated rings. The van der Waals surface area contributed by atoms with E-state index in [9.17, 15) is 0 Å². The van der Waals surface area contributed by atoms with Gasteiger partial charge in [-0.3, -0.25) is 4.98 Å². The van der Waals surface area contributed by atoms with Gasteiger partial charge in [-0.05, 0) is 54.6 Å². The van der Waals surface area contributed by atoms with Crippen LogP contribution in [-0.4, -0.2) is 50.0 Å². The molecule has 5 aromatic rings.